The Bertz CT molecular complexity index is 883. The van der Waals surface area contributed by atoms with Gasteiger partial charge in [0.25, 0.3) is 10.1 Å². The van der Waals surface area contributed by atoms with E-state index in [0.29, 0.717) is 5.52 Å². The van der Waals surface area contributed by atoms with E-state index < -0.39 is 10.1 Å². The predicted molar refractivity (Wildman–Crippen MR) is 76.0 cm³/mol. The Labute approximate surface area is 116 Å². The fourth-order valence-electron chi connectivity index (χ4n) is 2.19. The third-order valence-electron chi connectivity index (χ3n) is 3.18. The molecule has 0 aliphatic heterocycles. The maximum absolute atomic E-state index is 11.2. The lowest BCUT2D eigenvalue weighted by Gasteiger charge is -2.01. The molecule has 0 saturated carbocycles. The number of hydrogen-bond donors (Lipinski definition) is 1. The molecule has 0 aliphatic carbocycles. The summed E-state index contributed by atoms with van der Waals surface area (Å²) in [5.74, 6) is 0.744. The third kappa shape index (κ3) is 2.09. The maximum Gasteiger partial charge on any atom is 0.294 e. The molecule has 0 saturated heterocycles. The summed E-state index contributed by atoms with van der Waals surface area (Å²) < 4.78 is 33.3. The van der Waals surface area contributed by atoms with Gasteiger partial charge in [-0.15, -0.1) is 0 Å². The number of benzene rings is 2. The fourth-order valence-corrected chi connectivity index (χ4v) is 2.69. The minimum absolute atomic E-state index is 0.150. The zero-order valence-electron chi connectivity index (χ0n) is 10.7. The van der Waals surface area contributed by atoms with Gasteiger partial charge in [0, 0.05) is 12.6 Å². The SMILES string of the molecule is Cn1c(-c2ccccc2)nc2cc(S(=O)(=O)O)ccc21. The Hall–Kier alpha value is -2.18. The van der Waals surface area contributed by atoms with Crippen molar-refractivity contribution in [2.75, 3.05) is 0 Å². The number of aromatic nitrogens is 2. The minimum atomic E-state index is -4.21. The summed E-state index contributed by atoms with van der Waals surface area (Å²) in [4.78, 5) is 4.29. The molecule has 0 radical (unpaired) electrons. The van der Waals surface area contributed by atoms with Crippen molar-refractivity contribution in [3.63, 3.8) is 0 Å². The molecular formula is C14H12N2O3S. The van der Waals surface area contributed by atoms with Gasteiger partial charge in [0.2, 0.25) is 0 Å². The Morgan fingerprint density at radius 2 is 1.80 bits per heavy atom. The fraction of sp³-hybridized carbons (Fsp3) is 0.0714. The number of hydrogen-bond acceptors (Lipinski definition) is 3. The highest BCUT2D eigenvalue weighted by Gasteiger charge is 2.14. The van der Waals surface area contributed by atoms with Gasteiger partial charge in [-0.25, -0.2) is 4.98 Å². The van der Waals surface area contributed by atoms with Crippen molar-refractivity contribution in [1.29, 1.82) is 0 Å². The molecule has 1 N–H and O–H groups in total. The highest BCUT2D eigenvalue weighted by Crippen LogP contribution is 2.25. The molecule has 3 aromatic rings. The van der Waals surface area contributed by atoms with Crippen LogP contribution in [0.2, 0.25) is 0 Å². The molecule has 102 valence electrons. The molecular weight excluding hydrogens is 276 g/mol. The van der Waals surface area contributed by atoms with E-state index in [2.05, 4.69) is 4.98 Å². The van der Waals surface area contributed by atoms with E-state index in [1.165, 1.54) is 12.1 Å². The van der Waals surface area contributed by atoms with Gasteiger partial charge in [0.15, 0.2) is 0 Å². The number of fused-ring (bicyclic) bond motifs is 1. The normalized spacial score (nSPS) is 11.9. The molecule has 6 heteroatoms. The predicted octanol–water partition coefficient (Wildman–Crippen LogP) is 2.49. The van der Waals surface area contributed by atoms with Crippen LogP contribution >= 0.6 is 0 Å². The number of rotatable bonds is 2. The molecule has 0 spiro atoms. The Morgan fingerprint density at radius 1 is 1.10 bits per heavy atom. The van der Waals surface area contributed by atoms with Gasteiger partial charge in [-0.2, -0.15) is 8.42 Å². The molecule has 0 amide bonds. The van der Waals surface area contributed by atoms with Gasteiger partial charge in [-0.1, -0.05) is 30.3 Å². The first-order valence-electron chi connectivity index (χ1n) is 5.96. The van der Waals surface area contributed by atoms with Crippen LogP contribution in [0.1, 0.15) is 0 Å². The monoisotopic (exact) mass is 288 g/mol. The second-order valence-electron chi connectivity index (χ2n) is 4.49. The van der Waals surface area contributed by atoms with Crippen molar-refractivity contribution in [2.45, 2.75) is 4.90 Å². The summed E-state index contributed by atoms with van der Waals surface area (Å²) in [6.07, 6.45) is 0. The van der Waals surface area contributed by atoms with Crippen LogP contribution in [0.4, 0.5) is 0 Å². The van der Waals surface area contributed by atoms with Crippen molar-refractivity contribution in [3.05, 3.63) is 48.5 Å². The Balaban J connectivity index is 2.25. The molecule has 1 aromatic heterocycles. The lowest BCUT2D eigenvalue weighted by atomic mass is 10.2. The van der Waals surface area contributed by atoms with Crippen LogP contribution in [0.3, 0.4) is 0 Å². The molecule has 0 bridgehead atoms. The zero-order valence-corrected chi connectivity index (χ0v) is 11.5. The number of aryl methyl sites for hydroxylation is 1. The quantitative estimate of drug-likeness (QED) is 0.735. The van der Waals surface area contributed by atoms with Crippen molar-refractivity contribution < 1.29 is 13.0 Å². The van der Waals surface area contributed by atoms with E-state index in [1.54, 1.807) is 6.07 Å². The van der Waals surface area contributed by atoms with E-state index >= 15 is 0 Å². The van der Waals surface area contributed by atoms with Gasteiger partial charge < -0.3 is 4.57 Å². The smallest absolute Gasteiger partial charge is 0.294 e. The highest BCUT2D eigenvalue weighted by molar-refractivity contribution is 7.85. The van der Waals surface area contributed by atoms with Crippen LogP contribution in [-0.4, -0.2) is 22.5 Å². The second kappa shape index (κ2) is 4.43. The largest absolute Gasteiger partial charge is 0.327 e. The minimum Gasteiger partial charge on any atom is -0.327 e. The lowest BCUT2D eigenvalue weighted by molar-refractivity contribution is 0.483. The van der Waals surface area contributed by atoms with E-state index in [-0.39, 0.29) is 4.90 Å². The van der Waals surface area contributed by atoms with E-state index in [1.807, 2.05) is 41.9 Å². The second-order valence-corrected chi connectivity index (χ2v) is 5.91. The molecule has 5 nitrogen and oxygen atoms in total. The van der Waals surface area contributed by atoms with Crippen molar-refractivity contribution >= 4 is 21.2 Å². The van der Waals surface area contributed by atoms with Gasteiger partial charge >= 0.3 is 0 Å². The molecule has 3 rings (SSSR count). The van der Waals surface area contributed by atoms with E-state index in [9.17, 15) is 8.42 Å². The average Bonchev–Trinajstić information content (AvgIpc) is 2.76. The van der Waals surface area contributed by atoms with Crippen LogP contribution in [0, 0.1) is 0 Å². The summed E-state index contributed by atoms with van der Waals surface area (Å²) >= 11 is 0. The van der Waals surface area contributed by atoms with Crippen LogP contribution in [0.5, 0.6) is 0 Å². The standard InChI is InChI=1S/C14H12N2O3S/c1-16-13-8-7-11(20(17,18)19)9-12(13)15-14(16)10-5-3-2-4-6-10/h2-9H,1H3,(H,17,18,19). The maximum atomic E-state index is 11.2. The Morgan fingerprint density at radius 3 is 2.45 bits per heavy atom. The summed E-state index contributed by atoms with van der Waals surface area (Å²) in [5, 5.41) is 0. The summed E-state index contributed by atoms with van der Waals surface area (Å²) in [5.41, 5.74) is 2.28. The highest BCUT2D eigenvalue weighted by atomic mass is 32.2. The molecule has 0 aliphatic rings. The Kier molecular flexibility index (Phi) is 2.84. The summed E-state index contributed by atoms with van der Waals surface area (Å²) in [6.45, 7) is 0. The van der Waals surface area contributed by atoms with E-state index in [4.69, 9.17) is 4.55 Å². The van der Waals surface area contributed by atoms with Crippen LogP contribution in [0.15, 0.2) is 53.4 Å². The van der Waals surface area contributed by atoms with Gasteiger partial charge in [0.05, 0.1) is 15.9 Å². The number of nitrogens with zero attached hydrogens (tertiary/aromatic N) is 2. The molecule has 1 heterocycles. The van der Waals surface area contributed by atoms with E-state index in [0.717, 1.165) is 16.9 Å². The third-order valence-corrected chi connectivity index (χ3v) is 4.03. The molecule has 0 unspecified atom stereocenters. The van der Waals surface area contributed by atoms with Gasteiger partial charge in [-0.3, -0.25) is 4.55 Å². The molecule has 2 aromatic carbocycles. The average molecular weight is 288 g/mol. The molecule has 20 heavy (non-hydrogen) atoms. The number of imidazole rings is 1. The summed E-state index contributed by atoms with van der Waals surface area (Å²) in [7, 11) is -2.35. The van der Waals surface area contributed by atoms with Gasteiger partial charge in [-0.05, 0) is 18.2 Å². The van der Waals surface area contributed by atoms with Crippen LogP contribution in [0.25, 0.3) is 22.4 Å². The zero-order chi connectivity index (χ0) is 14.3. The van der Waals surface area contributed by atoms with Crippen molar-refractivity contribution in [3.8, 4) is 11.4 Å². The molecule has 0 fully saturated rings. The van der Waals surface area contributed by atoms with Crippen molar-refractivity contribution in [1.82, 2.24) is 9.55 Å². The first-order chi connectivity index (χ1) is 9.47. The van der Waals surface area contributed by atoms with Crippen LogP contribution in [-0.2, 0) is 17.2 Å². The van der Waals surface area contributed by atoms with Crippen molar-refractivity contribution in [2.24, 2.45) is 7.05 Å². The molecule has 0 atom stereocenters. The lowest BCUT2D eigenvalue weighted by Crippen LogP contribution is -1.97. The first-order valence-corrected chi connectivity index (χ1v) is 7.40. The van der Waals surface area contributed by atoms with Gasteiger partial charge in [0.1, 0.15) is 5.82 Å². The topological polar surface area (TPSA) is 72.2 Å². The summed E-state index contributed by atoms with van der Waals surface area (Å²) in [6, 6.07) is 14.0. The van der Waals surface area contributed by atoms with Crippen LogP contribution < -0.4 is 0 Å². The first kappa shape index (κ1) is 12.8.